The molecule has 0 aliphatic heterocycles. The number of aliphatic carboxylic acids is 1. The Morgan fingerprint density at radius 1 is 1.47 bits per heavy atom. The van der Waals surface area contributed by atoms with Crippen molar-refractivity contribution in [2.75, 3.05) is 0 Å². The van der Waals surface area contributed by atoms with Crippen LogP contribution in [0, 0.1) is 5.92 Å². The van der Waals surface area contributed by atoms with E-state index in [4.69, 9.17) is 17.3 Å². The highest BCUT2D eigenvalue weighted by Gasteiger charge is 2.45. The number of nitrogens with two attached hydrogens (primary N) is 1. The minimum Gasteiger partial charge on any atom is -0.480 e. The van der Waals surface area contributed by atoms with Gasteiger partial charge in [-0.2, -0.15) is 0 Å². The minimum atomic E-state index is -1.06. The van der Waals surface area contributed by atoms with E-state index in [2.05, 4.69) is 0 Å². The van der Waals surface area contributed by atoms with E-state index in [9.17, 15) is 9.90 Å². The summed E-state index contributed by atoms with van der Waals surface area (Å²) in [6.07, 6.45) is 3.05. The van der Waals surface area contributed by atoms with Gasteiger partial charge in [0.15, 0.2) is 0 Å². The topological polar surface area (TPSA) is 63.3 Å². The zero-order valence-electron chi connectivity index (χ0n) is 9.53. The van der Waals surface area contributed by atoms with Gasteiger partial charge in [-0.15, -0.1) is 0 Å². The fraction of sp³-hybridized carbons (Fsp3) is 0.462. The number of carbonyl (C=O) groups is 1. The van der Waals surface area contributed by atoms with Crippen LogP contribution in [0.1, 0.15) is 24.8 Å². The molecule has 0 radical (unpaired) electrons. The first-order chi connectivity index (χ1) is 8.02. The van der Waals surface area contributed by atoms with E-state index in [-0.39, 0.29) is 5.92 Å². The normalized spacial score (nSPS) is 28.2. The van der Waals surface area contributed by atoms with Crippen LogP contribution in [-0.2, 0) is 11.2 Å². The van der Waals surface area contributed by atoms with Gasteiger partial charge in [0, 0.05) is 5.02 Å². The Balaban J connectivity index is 2.13. The van der Waals surface area contributed by atoms with Crippen molar-refractivity contribution in [3.05, 3.63) is 34.9 Å². The van der Waals surface area contributed by atoms with Gasteiger partial charge in [-0.05, 0) is 42.9 Å². The summed E-state index contributed by atoms with van der Waals surface area (Å²) in [6.45, 7) is 0. The third-order valence-electron chi connectivity index (χ3n) is 3.67. The second kappa shape index (κ2) is 4.67. The molecule has 1 aromatic carbocycles. The van der Waals surface area contributed by atoms with Crippen LogP contribution in [0.4, 0.5) is 0 Å². The molecular weight excluding hydrogens is 238 g/mol. The van der Waals surface area contributed by atoms with Gasteiger partial charge in [0.05, 0.1) is 0 Å². The molecule has 1 aromatic rings. The van der Waals surface area contributed by atoms with Crippen molar-refractivity contribution >= 4 is 17.6 Å². The first-order valence-corrected chi connectivity index (χ1v) is 6.17. The van der Waals surface area contributed by atoms with Crippen LogP contribution in [-0.4, -0.2) is 16.6 Å². The molecule has 0 aromatic heterocycles. The smallest absolute Gasteiger partial charge is 0.323 e. The lowest BCUT2D eigenvalue weighted by Gasteiger charge is -2.26. The van der Waals surface area contributed by atoms with Crippen molar-refractivity contribution in [2.24, 2.45) is 11.7 Å². The molecule has 1 fully saturated rings. The van der Waals surface area contributed by atoms with Gasteiger partial charge in [-0.1, -0.05) is 30.2 Å². The molecule has 2 rings (SSSR count). The van der Waals surface area contributed by atoms with Crippen LogP contribution < -0.4 is 5.73 Å². The molecule has 3 nitrogen and oxygen atoms in total. The van der Waals surface area contributed by atoms with Crippen LogP contribution in [0.3, 0.4) is 0 Å². The zero-order valence-corrected chi connectivity index (χ0v) is 10.3. The molecule has 0 amide bonds. The Labute approximate surface area is 106 Å². The molecule has 92 valence electrons. The standard InChI is InChI=1S/C13H16ClNO2/c14-11-5-3-9(4-6-11)8-10-2-1-7-13(10,15)12(16)17/h3-6,10H,1-2,7-8,15H2,(H,16,17)/t10-,13+/m0/s1. The van der Waals surface area contributed by atoms with Gasteiger partial charge in [0.2, 0.25) is 0 Å². The maximum Gasteiger partial charge on any atom is 0.323 e. The monoisotopic (exact) mass is 253 g/mol. The van der Waals surface area contributed by atoms with Crippen LogP contribution in [0.5, 0.6) is 0 Å². The first-order valence-electron chi connectivity index (χ1n) is 5.79. The third kappa shape index (κ3) is 2.45. The Hall–Kier alpha value is -1.06. The van der Waals surface area contributed by atoms with Crippen molar-refractivity contribution in [1.29, 1.82) is 0 Å². The molecule has 1 saturated carbocycles. The highest BCUT2D eigenvalue weighted by atomic mass is 35.5. The van der Waals surface area contributed by atoms with E-state index >= 15 is 0 Å². The highest BCUT2D eigenvalue weighted by Crippen LogP contribution is 2.36. The summed E-state index contributed by atoms with van der Waals surface area (Å²) in [6, 6.07) is 7.52. The largest absolute Gasteiger partial charge is 0.480 e. The molecule has 0 saturated heterocycles. The summed E-state index contributed by atoms with van der Waals surface area (Å²) in [4.78, 5) is 11.2. The van der Waals surface area contributed by atoms with Gasteiger partial charge in [0.1, 0.15) is 5.54 Å². The predicted molar refractivity (Wildman–Crippen MR) is 67.1 cm³/mol. The molecular formula is C13H16ClNO2. The predicted octanol–water partition coefficient (Wildman–Crippen LogP) is 2.46. The average Bonchev–Trinajstić information content (AvgIpc) is 2.65. The molecule has 1 aliphatic rings. The van der Waals surface area contributed by atoms with Crippen molar-refractivity contribution in [2.45, 2.75) is 31.2 Å². The first kappa shape index (κ1) is 12.4. The molecule has 4 heteroatoms. The molecule has 0 heterocycles. The lowest BCUT2D eigenvalue weighted by molar-refractivity contribution is -0.144. The van der Waals surface area contributed by atoms with Crippen molar-refractivity contribution < 1.29 is 9.90 Å². The van der Waals surface area contributed by atoms with Crippen LogP contribution >= 0.6 is 11.6 Å². The quantitative estimate of drug-likeness (QED) is 0.870. The van der Waals surface area contributed by atoms with Crippen molar-refractivity contribution in [1.82, 2.24) is 0 Å². The minimum absolute atomic E-state index is 0.0150. The number of hydrogen-bond donors (Lipinski definition) is 2. The molecule has 17 heavy (non-hydrogen) atoms. The van der Waals surface area contributed by atoms with E-state index in [1.807, 2.05) is 24.3 Å². The summed E-state index contributed by atoms with van der Waals surface area (Å²) in [5.41, 5.74) is 6.04. The molecule has 0 bridgehead atoms. The summed E-state index contributed by atoms with van der Waals surface area (Å²) < 4.78 is 0. The summed E-state index contributed by atoms with van der Waals surface area (Å²) in [7, 11) is 0. The van der Waals surface area contributed by atoms with Gasteiger partial charge < -0.3 is 10.8 Å². The van der Waals surface area contributed by atoms with Crippen molar-refractivity contribution in [3.8, 4) is 0 Å². The van der Waals surface area contributed by atoms with Gasteiger partial charge in [-0.3, -0.25) is 4.79 Å². The molecule has 3 N–H and O–H groups in total. The second-order valence-corrected chi connectivity index (χ2v) is 5.20. The zero-order chi connectivity index (χ0) is 12.5. The summed E-state index contributed by atoms with van der Waals surface area (Å²) >= 11 is 5.82. The van der Waals surface area contributed by atoms with E-state index in [0.29, 0.717) is 17.9 Å². The van der Waals surface area contributed by atoms with E-state index in [1.165, 1.54) is 0 Å². The van der Waals surface area contributed by atoms with Crippen molar-refractivity contribution in [3.63, 3.8) is 0 Å². The number of halogens is 1. The second-order valence-electron chi connectivity index (χ2n) is 4.77. The maximum atomic E-state index is 11.2. The Morgan fingerprint density at radius 2 is 2.12 bits per heavy atom. The van der Waals surface area contributed by atoms with Gasteiger partial charge in [0.25, 0.3) is 0 Å². The van der Waals surface area contributed by atoms with Gasteiger partial charge >= 0.3 is 5.97 Å². The van der Waals surface area contributed by atoms with Crippen LogP contribution in [0.15, 0.2) is 24.3 Å². The summed E-state index contributed by atoms with van der Waals surface area (Å²) in [5, 5.41) is 9.91. The summed E-state index contributed by atoms with van der Waals surface area (Å²) in [5.74, 6) is -0.866. The Bertz CT molecular complexity index is 418. The molecule has 0 unspecified atom stereocenters. The van der Waals surface area contributed by atoms with E-state index in [0.717, 1.165) is 18.4 Å². The van der Waals surface area contributed by atoms with E-state index < -0.39 is 11.5 Å². The fourth-order valence-electron chi connectivity index (χ4n) is 2.57. The van der Waals surface area contributed by atoms with Gasteiger partial charge in [-0.25, -0.2) is 0 Å². The molecule has 1 aliphatic carbocycles. The average molecular weight is 254 g/mol. The number of carboxylic acid groups (broad SMARTS) is 1. The third-order valence-corrected chi connectivity index (χ3v) is 3.92. The Morgan fingerprint density at radius 3 is 2.71 bits per heavy atom. The van der Waals surface area contributed by atoms with Crippen LogP contribution in [0.2, 0.25) is 5.02 Å². The lowest BCUT2D eigenvalue weighted by Crippen LogP contribution is -2.51. The fourth-order valence-corrected chi connectivity index (χ4v) is 2.70. The molecule has 0 spiro atoms. The van der Waals surface area contributed by atoms with Crippen LogP contribution in [0.25, 0.3) is 0 Å². The lowest BCUT2D eigenvalue weighted by atomic mass is 9.83. The highest BCUT2D eigenvalue weighted by molar-refractivity contribution is 6.30. The number of carboxylic acids is 1. The molecule has 2 atom stereocenters. The number of benzene rings is 1. The van der Waals surface area contributed by atoms with E-state index in [1.54, 1.807) is 0 Å². The maximum absolute atomic E-state index is 11.2. The Kier molecular flexibility index (Phi) is 3.40. The number of rotatable bonds is 3. The SMILES string of the molecule is N[C@]1(C(=O)O)CCC[C@H]1Cc1ccc(Cl)cc1. The number of hydrogen-bond acceptors (Lipinski definition) is 2.